The van der Waals surface area contributed by atoms with Gasteiger partial charge in [0.15, 0.2) is 0 Å². The molecule has 6 nitrogen and oxygen atoms in total. The van der Waals surface area contributed by atoms with E-state index in [0.717, 1.165) is 37.7 Å². The minimum absolute atomic E-state index is 0.0195. The van der Waals surface area contributed by atoms with Gasteiger partial charge in [-0.15, -0.1) is 11.8 Å². The molecule has 2 fully saturated rings. The zero-order valence-corrected chi connectivity index (χ0v) is 19.2. The third-order valence-electron chi connectivity index (χ3n) is 6.99. The van der Waals surface area contributed by atoms with Crippen molar-refractivity contribution in [3.63, 3.8) is 0 Å². The summed E-state index contributed by atoms with van der Waals surface area (Å²) in [6.07, 6.45) is 7.55. The molecule has 2 aliphatic heterocycles. The van der Waals surface area contributed by atoms with Gasteiger partial charge in [-0.05, 0) is 30.4 Å². The van der Waals surface area contributed by atoms with Crippen LogP contribution in [-0.4, -0.2) is 46.5 Å². The first-order valence-electron chi connectivity index (χ1n) is 11.6. The summed E-state index contributed by atoms with van der Waals surface area (Å²) in [5.74, 6) is 0.165. The van der Waals surface area contributed by atoms with E-state index < -0.39 is 12.1 Å². The SMILES string of the molecule is CC[C@@H](C)[C@H](NC(=O)[C@@H]1CS[C@H]2c3ccccc3C(=O)N12)C(=O)NC1CCCCCC1. The molecule has 1 aliphatic carbocycles. The number of nitrogens with zero attached hydrogens (tertiary/aromatic N) is 1. The van der Waals surface area contributed by atoms with Crippen molar-refractivity contribution < 1.29 is 14.4 Å². The molecule has 31 heavy (non-hydrogen) atoms. The molecule has 0 aromatic heterocycles. The van der Waals surface area contributed by atoms with Crippen LogP contribution in [0.4, 0.5) is 0 Å². The molecular weight excluding hydrogens is 410 g/mol. The Balaban J connectivity index is 1.44. The molecule has 1 saturated carbocycles. The number of amides is 3. The monoisotopic (exact) mass is 443 g/mol. The molecule has 2 N–H and O–H groups in total. The van der Waals surface area contributed by atoms with Crippen molar-refractivity contribution in [3.05, 3.63) is 35.4 Å². The van der Waals surface area contributed by atoms with Gasteiger partial charge in [-0.2, -0.15) is 0 Å². The minimum atomic E-state index is -0.579. The Morgan fingerprint density at radius 1 is 1.16 bits per heavy atom. The highest BCUT2D eigenvalue weighted by Crippen LogP contribution is 2.48. The lowest BCUT2D eigenvalue weighted by molar-refractivity contribution is -0.132. The standard InChI is InChI=1S/C24H33N3O3S/c1-3-15(2)20(22(29)25-16-10-6-4-5-7-11-16)26-21(28)19-14-31-24-18-13-9-8-12-17(18)23(30)27(19)24/h8-9,12-13,15-16,19-20,24H,3-7,10-11,14H2,1-2H3,(H,25,29)(H,26,28)/t15-,19+,20+,24+/m1/s1. The first-order chi connectivity index (χ1) is 15.0. The molecule has 1 aromatic rings. The third kappa shape index (κ3) is 4.47. The van der Waals surface area contributed by atoms with Crippen molar-refractivity contribution in [2.75, 3.05) is 5.75 Å². The van der Waals surface area contributed by atoms with Crippen LogP contribution >= 0.6 is 11.8 Å². The van der Waals surface area contributed by atoms with E-state index in [2.05, 4.69) is 10.6 Å². The van der Waals surface area contributed by atoms with Crippen LogP contribution in [0.3, 0.4) is 0 Å². The highest BCUT2D eigenvalue weighted by atomic mass is 32.2. The third-order valence-corrected chi connectivity index (χ3v) is 8.29. The van der Waals surface area contributed by atoms with Crippen LogP contribution in [0.1, 0.15) is 80.1 Å². The second kappa shape index (κ2) is 9.63. The van der Waals surface area contributed by atoms with Gasteiger partial charge in [0.2, 0.25) is 11.8 Å². The van der Waals surface area contributed by atoms with Gasteiger partial charge < -0.3 is 15.5 Å². The highest BCUT2D eigenvalue weighted by Gasteiger charge is 2.48. The summed E-state index contributed by atoms with van der Waals surface area (Å²) in [5, 5.41) is 6.11. The average molecular weight is 444 g/mol. The second-order valence-corrected chi connectivity index (χ2v) is 10.2. The minimum Gasteiger partial charge on any atom is -0.352 e. The van der Waals surface area contributed by atoms with Crippen molar-refractivity contribution in [3.8, 4) is 0 Å². The smallest absolute Gasteiger partial charge is 0.256 e. The predicted molar refractivity (Wildman–Crippen MR) is 123 cm³/mol. The van der Waals surface area contributed by atoms with Crippen LogP contribution < -0.4 is 10.6 Å². The Morgan fingerprint density at radius 3 is 2.58 bits per heavy atom. The summed E-state index contributed by atoms with van der Waals surface area (Å²) in [6, 6.07) is 6.65. The van der Waals surface area contributed by atoms with Crippen LogP contribution in [0.15, 0.2) is 24.3 Å². The predicted octanol–water partition coefficient (Wildman–Crippen LogP) is 3.63. The van der Waals surface area contributed by atoms with E-state index in [0.29, 0.717) is 11.3 Å². The summed E-state index contributed by atoms with van der Waals surface area (Å²) in [4.78, 5) is 41.0. The number of nitrogens with one attached hydrogen (secondary N) is 2. The van der Waals surface area contributed by atoms with Gasteiger partial charge in [0.25, 0.3) is 5.91 Å². The van der Waals surface area contributed by atoms with Crippen molar-refractivity contribution in [1.29, 1.82) is 0 Å². The lowest BCUT2D eigenvalue weighted by Gasteiger charge is -2.29. The van der Waals surface area contributed by atoms with Gasteiger partial charge in [0.05, 0.1) is 0 Å². The molecule has 0 radical (unpaired) electrons. The number of hydrogen-bond acceptors (Lipinski definition) is 4. The molecule has 0 spiro atoms. The summed E-state index contributed by atoms with van der Waals surface area (Å²) in [5.41, 5.74) is 1.67. The molecule has 3 amide bonds. The molecule has 2 heterocycles. The maximum atomic E-state index is 13.3. The fraction of sp³-hybridized carbons (Fsp3) is 0.625. The second-order valence-electron chi connectivity index (χ2n) is 9.07. The van der Waals surface area contributed by atoms with Gasteiger partial charge in [-0.1, -0.05) is 64.2 Å². The summed E-state index contributed by atoms with van der Waals surface area (Å²) >= 11 is 1.62. The molecule has 3 aliphatic rings. The first-order valence-corrected chi connectivity index (χ1v) is 12.7. The van der Waals surface area contributed by atoms with Gasteiger partial charge >= 0.3 is 0 Å². The van der Waals surface area contributed by atoms with E-state index in [-0.39, 0.29) is 35.1 Å². The van der Waals surface area contributed by atoms with Crippen molar-refractivity contribution in [1.82, 2.24) is 15.5 Å². The molecule has 1 saturated heterocycles. The zero-order valence-electron chi connectivity index (χ0n) is 18.4. The zero-order chi connectivity index (χ0) is 22.0. The van der Waals surface area contributed by atoms with Crippen LogP contribution in [0, 0.1) is 5.92 Å². The lowest BCUT2D eigenvalue weighted by atomic mass is 9.97. The molecule has 0 bridgehead atoms. The van der Waals surface area contributed by atoms with Gasteiger partial charge in [0, 0.05) is 17.4 Å². The van der Waals surface area contributed by atoms with E-state index in [4.69, 9.17) is 0 Å². The number of thioether (sulfide) groups is 1. The highest BCUT2D eigenvalue weighted by molar-refractivity contribution is 7.99. The number of benzene rings is 1. The van der Waals surface area contributed by atoms with Crippen LogP contribution in [0.2, 0.25) is 0 Å². The van der Waals surface area contributed by atoms with E-state index in [9.17, 15) is 14.4 Å². The van der Waals surface area contributed by atoms with E-state index >= 15 is 0 Å². The van der Waals surface area contributed by atoms with Crippen molar-refractivity contribution >= 4 is 29.5 Å². The van der Waals surface area contributed by atoms with Crippen molar-refractivity contribution in [2.45, 2.75) is 82.3 Å². The van der Waals surface area contributed by atoms with Gasteiger partial charge in [0.1, 0.15) is 17.5 Å². The maximum Gasteiger partial charge on any atom is 0.256 e. The summed E-state index contributed by atoms with van der Waals surface area (Å²) < 4.78 is 0. The Kier molecular flexibility index (Phi) is 6.89. The van der Waals surface area contributed by atoms with Gasteiger partial charge in [-0.3, -0.25) is 14.4 Å². The molecule has 7 heteroatoms. The largest absolute Gasteiger partial charge is 0.352 e. The summed E-state index contributed by atoms with van der Waals surface area (Å²) in [7, 11) is 0. The van der Waals surface area contributed by atoms with Gasteiger partial charge in [-0.25, -0.2) is 0 Å². The Hall–Kier alpha value is -2.02. The number of carbonyl (C=O) groups is 3. The number of fused-ring (bicyclic) bond motifs is 3. The number of carbonyl (C=O) groups excluding carboxylic acids is 3. The Morgan fingerprint density at radius 2 is 1.87 bits per heavy atom. The maximum absolute atomic E-state index is 13.3. The quantitative estimate of drug-likeness (QED) is 0.658. The first kappa shape index (κ1) is 22.2. The molecule has 1 aromatic carbocycles. The molecule has 168 valence electrons. The average Bonchev–Trinajstić information content (AvgIpc) is 3.22. The topological polar surface area (TPSA) is 78.5 Å². The van der Waals surface area contributed by atoms with E-state index in [1.54, 1.807) is 16.7 Å². The Bertz CT molecular complexity index is 837. The normalized spacial score (nSPS) is 25.4. The summed E-state index contributed by atoms with van der Waals surface area (Å²) in [6.45, 7) is 4.03. The fourth-order valence-corrected chi connectivity index (χ4v) is 6.37. The van der Waals surface area contributed by atoms with Crippen LogP contribution in [0.5, 0.6) is 0 Å². The number of hydrogen-bond donors (Lipinski definition) is 2. The fourth-order valence-electron chi connectivity index (χ4n) is 4.91. The number of rotatable bonds is 6. The van der Waals surface area contributed by atoms with E-state index in [1.807, 2.05) is 38.1 Å². The molecule has 0 unspecified atom stereocenters. The molecular formula is C24H33N3O3S. The van der Waals surface area contributed by atoms with E-state index in [1.165, 1.54) is 12.8 Å². The van der Waals surface area contributed by atoms with Crippen LogP contribution in [0.25, 0.3) is 0 Å². The molecule has 4 atom stereocenters. The molecule has 4 rings (SSSR count). The van der Waals surface area contributed by atoms with Crippen LogP contribution in [-0.2, 0) is 9.59 Å². The lowest BCUT2D eigenvalue weighted by Crippen LogP contribution is -2.56. The van der Waals surface area contributed by atoms with Crippen molar-refractivity contribution in [2.24, 2.45) is 5.92 Å². The Labute approximate surface area is 188 Å².